The Labute approximate surface area is 56.8 Å². The van der Waals surface area contributed by atoms with Gasteiger partial charge in [-0.2, -0.15) is 6.82 Å². The molecule has 0 saturated carbocycles. The van der Waals surface area contributed by atoms with Crippen molar-refractivity contribution in [2.75, 3.05) is 0 Å². The van der Waals surface area contributed by atoms with E-state index in [1.54, 1.807) is 0 Å². The van der Waals surface area contributed by atoms with Gasteiger partial charge in [-0.05, 0) is 26.7 Å². The third-order valence-corrected chi connectivity index (χ3v) is 2.26. The number of rotatable bonds is 0. The normalized spacial score (nSPS) is 10.2. The maximum atomic E-state index is 2.24. The Morgan fingerprint density at radius 3 is 2.11 bits per heavy atom. The van der Waals surface area contributed by atoms with Gasteiger partial charge in [0.2, 0.25) is 0 Å². The summed E-state index contributed by atoms with van der Waals surface area (Å²) in [5.41, 5.74) is 2.92. The van der Waals surface area contributed by atoms with E-state index in [0.717, 1.165) is 0 Å². The van der Waals surface area contributed by atoms with E-state index in [2.05, 4.69) is 38.4 Å². The second kappa shape index (κ2) is 2.01. The summed E-state index contributed by atoms with van der Waals surface area (Å²) >= 11 is 0. The minimum atomic E-state index is 0.616. The summed E-state index contributed by atoms with van der Waals surface area (Å²) in [6.07, 6.45) is 2.19. The van der Waals surface area contributed by atoms with E-state index in [0.29, 0.717) is 6.49 Å². The number of hydrogen-bond acceptors (Lipinski definition) is 0. The predicted molar refractivity (Wildman–Crippen MR) is 41.8 cm³/mol. The Hall–Kier alpha value is -0.525. The molecule has 1 aromatic heterocycles. The molecule has 0 aromatic carbocycles. The molecular weight excluding hydrogens is 109 g/mol. The van der Waals surface area contributed by atoms with Crippen molar-refractivity contribution in [1.82, 2.24) is 4.47 Å². The second-order valence-electron chi connectivity index (χ2n) is 2.84. The zero-order valence-corrected chi connectivity index (χ0v) is 6.60. The monoisotopic (exact) mass is 122 g/mol. The van der Waals surface area contributed by atoms with E-state index in [1.165, 1.54) is 11.0 Å². The minimum absolute atomic E-state index is 0.616. The van der Waals surface area contributed by atoms with Crippen molar-refractivity contribution >= 4 is 6.49 Å². The van der Waals surface area contributed by atoms with E-state index < -0.39 is 0 Å². The summed E-state index contributed by atoms with van der Waals surface area (Å²) in [4.78, 5) is 0. The van der Waals surface area contributed by atoms with Gasteiger partial charge in [0, 0.05) is 0 Å². The van der Waals surface area contributed by atoms with Crippen molar-refractivity contribution in [1.29, 1.82) is 0 Å². The van der Waals surface area contributed by atoms with E-state index in [4.69, 9.17) is 0 Å². The highest BCUT2D eigenvalue weighted by Gasteiger charge is 1.88. The SMILES string of the molecule is C[b-]1c(C)c(C)cn1C. The van der Waals surface area contributed by atoms with Crippen LogP contribution < -0.4 is 0 Å². The molecule has 0 fully saturated rings. The van der Waals surface area contributed by atoms with Gasteiger partial charge in [-0.15, -0.1) is 0 Å². The molecule has 1 nitrogen and oxygen atoms in total. The molecule has 0 unspecified atom stereocenters. The van der Waals surface area contributed by atoms with Crippen LogP contribution in [-0.4, -0.2) is 11.0 Å². The molecule has 0 amide bonds. The Bertz CT molecular complexity index is 203. The first-order valence-corrected chi connectivity index (χ1v) is 3.37. The van der Waals surface area contributed by atoms with Gasteiger partial charge in [-0.3, -0.25) is 0 Å². The molecule has 0 radical (unpaired) electrons. The second-order valence-corrected chi connectivity index (χ2v) is 2.84. The maximum absolute atomic E-state index is 2.24. The Morgan fingerprint density at radius 2 is 2.00 bits per heavy atom. The van der Waals surface area contributed by atoms with Gasteiger partial charge in [-0.25, -0.2) is 5.46 Å². The topological polar surface area (TPSA) is 4.93 Å². The van der Waals surface area contributed by atoms with Crippen molar-refractivity contribution < 1.29 is 0 Å². The van der Waals surface area contributed by atoms with Gasteiger partial charge in [0.15, 0.2) is 0 Å². The number of aromatic nitrogens is 1. The van der Waals surface area contributed by atoms with Crippen LogP contribution in [0.5, 0.6) is 0 Å². The molecule has 9 heavy (non-hydrogen) atoms. The number of hydrogen-bond donors (Lipinski definition) is 0. The van der Waals surface area contributed by atoms with Gasteiger partial charge in [0.05, 0.1) is 0 Å². The summed E-state index contributed by atoms with van der Waals surface area (Å²) in [7, 11) is 2.12. The van der Waals surface area contributed by atoms with Gasteiger partial charge in [-0.1, -0.05) is 12.5 Å². The van der Waals surface area contributed by atoms with Crippen LogP contribution in [-0.2, 0) is 13.9 Å². The fourth-order valence-corrected chi connectivity index (χ4v) is 1.15. The molecule has 0 spiro atoms. The fourth-order valence-electron chi connectivity index (χ4n) is 1.15. The standard InChI is InChI=1S/C7H13BN/c1-6-5-9(4)8(3)7(6)2/h5H,1-4H3/q-1. The Morgan fingerprint density at radius 1 is 1.44 bits per heavy atom. The summed E-state index contributed by atoms with van der Waals surface area (Å²) in [5.74, 6) is 0. The molecule has 1 aromatic rings. The van der Waals surface area contributed by atoms with E-state index in [9.17, 15) is 0 Å². The molecule has 50 valence electrons. The highest BCUT2D eigenvalue weighted by atomic mass is 14.8. The average molecular weight is 122 g/mol. The van der Waals surface area contributed by atoms with Crippen molar-refractivity contribution in [3.63, 3.8) is 0 Å². The minimum Gasteiger partial charge on any atom is -0.568 e. The molecule has 0 bridgehead atoms. The van der Waals surface area contributed by atoms with Crippen LogP contribution in [0.4, 0.5) is 0 Å². The average Bonchev–Trinajstić information content (AvgIpc) is 1.98. The summed E-state index contributed by atoms with van der Waals surface area (Å²) in [5, 5.41) is 0. The molecule has 0 aliphatic carbocycles. The van der Waals surface area contributed by atoms with Crippen molar-refractivity contribution in [2.45, 2.75) is 13.8 Å². The molecule has 0 atom stereocenters. The van der Waals surface area contributed by atoms with Crippen molar-refractivity contribution in [3.8, 4) is 0 Å². The molecule has 1 rings (SSSR count). The third-order valence-electron chi connectivity index (χ3n) is 2.26. The smallest absolute Gasteiger partial charge is 0.0340 e. The van der Waals surface area contributed by atoms with E-state index in [1.807, 2.05) is 0 Å². The van der Waals surface area contributed by atoms with Crippen molar-refractivity contribution in [3.05, 3.63) is 17.2 Å². The molecule has 1 heterocycles. The van der Waals surface area contributed by atoms with Crippen LogP contribution in [0.25, 0.3) is 0 Å². The maximum Gasteiger partial charge on any atom is -0.0340 e. The zero-order valence-electron chi connectivity index (χ0n) is 6.60. The lowest BCUT2D eigenvalue weighted by molar-refractivity contribution is 0.997. The molecule has 0 N–H and O–H groups in total. The van der Waals surface area contributed by atoms with Crippen LogP contribution in [0.3, 0.4) is 0 Å². The Balaban J connectivity index is 3.29. The van der Waals surface area contributed by atoms with Crippen LogP contribution in [0, 0.1) is 13.8 Å². The van der Waals surface area contributed by atoms with Gasteiger partial charge in [0.25, 0.3) is 0 Å². The first kappa shape index (κ1) is 6.59. The molecule has 0 saturated heterocycles. The Kier molecular flexibility index (Phi) is 1.48. The van der Waals surface area contributed by atoms with Crippen LogP contribution >= 0.6 is 0 Å². The first-order chi connectivity index (χ1) is 4.13. The quantitative estimate of drug-likeness (QED) is 0.487. The van der Waals surface area contributed by atoms with Gasteiger partial charge in [0.1, 0.15) is 0 Å². The number of aryl methyl sites for hydroxylation is 2. The fraction of sp³-hybridized carbons (Fsp3) is 0.571. The lowest BCUT2D eigenvalue weighted by Crippen LogP contribution is -2.05. The van der Waals surface area contributed by atoms with Gasteiger partial charge < -0.3 is 4.47 Å². The van der Waals surface area contributed by atoms with Crippen molar-refractivity contribution in [2.24, 2.45) is 13.9 Å². The summed E-state index contributed by atoms with van der Waals surface area (Å²) < 4.78 is 2.24. The third kappa shape index (κ3) is 0.936. The highest BCUT2D eigenvalue weighted by Crippen LogP contribution is 2.03. The van der Waals surface area contributed by atoms with Crippen LogP contribution in [0.1, 0.15) is 11.0 Å². The van der Waals surface area contributed by atoms with Gasteiger partial charge >= 0.3 is 0 Å². The molecule has 2 heteroatoms. The molecular formula is C7H13BN-. The lowest BCUT2D eigenvalue weighted by Gasteiger charge is -2.07. The van der Waals surface area contributed by atoms with Crippen LogP contribution in [0.2, 0.25) is 0 Å². The summed E-state index contributed by atoms with van der Waals surface area (Å²) in [6.45, 7) is 7.20. The van der Waals surface area contributed by atoms with E-state index in [-0.39, 0.29) is 0 Å². The lowest BCUT2D eigenvalue weighted by atomic mass is 9.74. The predicted octanol–water partition coefficient (Wildman–Crippen LogP) is 1.20. The highest BCUT2D eigenvalue weighted by molar-refractivity contribution is 6.46. The largest absolute Gasteiger partial charge is 0.568 e. The summed E-state index contributed by atoms with van der Waals surface area (Å²) in [6, 6.07) is 0. The molecule has 0 aliphatic heterocycles. The first-order valence-electron chi connectivity index (χ1n) is 3.37. The number of nitrogens with zero attached hydrogens (tertiary/aromatic N) is 1. The zero-order chi connectivity index (χ0) is 7.02. The van der Waals surface area contributed by atoms with Crippen LogP contribution in [0.15, 0.2) is 6.20 Å². The molecule has 0 aliphatic rings. The van der Waals surface area contributed by atoms with E-state index >= 15 is 0 Å².